The molecule has 1 fully saturated rings. The maximum Gasteiger partial charge on any atom is 0.223 e. The zero-order valence-electron chi connectivity index (χ0n) is 7.96. The quantitative estimate of drug-likeness (QED) is 0.862. The van der Waals surface area contributed by atoms with Gasteiger partial charge in [0.15, 0.2) is 0 Å². The van der Waals surface area contributed by atoms with E-state index in [1.54, 1.807) is 7.05 Å². The third-order valence-electron chi connectivity index (χ3n) is 2.67. The maximum absolute atomic E-state index is 11.3. The van der Waals surface area contributed by atoms with Crippen LogP contribution < -0.4 is 5.32 Å². The van der Waals surface area contributed by atoms with E-state index in [1.165, 1.54) is 5.56 Å². The fourth-order valence-corrected chi connectivity index (χ4v) is 2.01. The molecular formula is C11H12BrNO. The van der Waals surface area contributed by atoms with Crippen LogP contribution in [0.4, 0.5) is 0 Å². The summed E-state index contributed by atoms with van der Waals surface area (Å²) in [5.74, 6) is 0.794. The van der Waals surface area contributed by atoms with Gasteiger partial charge in [0.1, 0.15) is 0 Å². The lowest BCUT2D eigenvalue weighted by atomic mass is 10.1. The predicted molar refractivity (Wildman–Crippen MR) is 59.1 cm³/mol. The van der Waals surface area contributed by atoms with Crippen molar-refractivity contribution in [2.75, 3.05) is 7.05 Å². The van der Waals surface area contributed by atoms with E-state index in [4.69, 9.17) is 0 Å². The summed E-state index contributed by atoms with van der Waals surface area (Å²) in [6.07, 6.45) is 0.987. The first-order chi connectivity index (χ1) is 6.72. The fourth-order valence-electron chi connectivity index (χ4n) is 1.75. The van der Waals surface area contributed by atoms with Crippen molar-refractivity contribution >= 4 is 21.8 Å². The number of amides is 1. The number of carbonyl (C=O) groups is 1. The van der Waals surface area contributed by atoms with Gasteiger partial charge in [-0.15, -0.1) is 0 Å². The molecule has 1 amide bonds. The normalized spacial score (nSPS) is 24.4. The number of nitrogens with one attached hydrogen (secondary N) is 1. The van der Waals surface area contributed by atoms with Gasteiger partial charge in [-0.3, -0.25) is 4.79 Å². The van der Waals surface area contributed by atoms with Crippen molar-refractivity contribution in [1.82, 2.24) is 5.32 Å². The smallest absolute Gasteiger partial charge is 0.223 e. The van der Waals surface area contributed by atoms with E-state index in [2.05, 4.69) is 33.4 Å². The molecule has 0 unspecified atom stereocenters. The average molecular weight is 254 g/mol. The van der Waals surface area contributed by atoms with Crippen LogP contribution in [0.5, 0.6) is 0 Å². The van der Waals surface area contributed by atoms with Gasteiger partial charge in [0.2, 0.25) is 5.91 Å². The second kappa shape index (κ2) is 3.73. The van der Waals surface area contributed by atoms with Gasteiger partial charge in [-0.25, -0.2) is 0 Å². The van der Waals surface area contributed by atoms with E-state index in [1.807, 2.05) is 12.1 Å². The first-order valence-electron chi connectivity index (χ1n) is 4.69. The Morgan fingerprint density at radius 3 is 2.64 bits per heavy atom. The molecule has 1 aromatic carbocycles. The molecule has 14 heavy (non-hydrogen) atoms. The summed E-state index contributed by atoms with van der Waals surface area (Å²) in [6, 6.07) is 8.21. The van der Waals surface area contributed by atoms with Crippen LogP contribution in [-0.2, 0) is 4.79 Å². The van der Waals surface area contributed by atoms with Gasteiger partial charge in [-0.2, -0.15) is 0 Å². The van der Waals surface area contributed by atoms with Crippen molar-refractivity contribution in [2.24, 2.45) is 5.92 Å². The van der Waals surface area contributed by atoms with Crippen molar-refractivity contribution in [3.8, 4) is 0 Å². The van der Waals surface area contributed by atoms with Crippen LogP contribution in [0.3, 0.4) is 0 Å². The van der Waals surface area contributed by atoms with Crippen molar-refractivity contribution in [2.45, 2.75) is 12.3 Å². The maximum atomic E-state index is 11.3. The molecule has 1 aliphatic carbocycles. The third kappa shape index (κ3) is 1.82. The summed E-state index contributed by atoms with van der Waals surface area (Å²) in [4.78, 5) is 11.3. The Morgan fingerprint density at radius 2 is 2.07 bits per heavy atom. The van der Waals surface area contributed by atoms with E-state index in [0.717, 1.165) is 10.9 Å². The first kappa shape index (κ1) is 9.71. The summed E-state index contributed by atoms with van der Waals surface area (Å²) < 4.78 is 1.08. The second-order valence-corrected chi connectivity index (χ2v) is 4.53. The summed E-state index contributed by atoms with van der Waals surface area (Å²) in [5, 5.41) is 2.69. The third-order valence-corrected chi connectivity index (χ3v) is 3.20. The monoisotopic (exact) mass is 253 g/mol. The molecule has 0 aliphatic heterocycles. The van der Waals surface area contributed by atoms with Gasteiger partial charge in [-0.1, -0.05) is 28.1 Å². The lowest BCUT2D eigenvalue weighted by Gasteiger charge is -2.00. The molecule has 3 heteroatoms. The van der Waals surface area contributed by atoms with Crippen molar-refractivity contribution in [1.29, 1.82) is 0 Å². The number of hydrogen-bond acceptors (Lipinski definition) is 1. The van der Waals surface area contributed by atoms with E-state index in [-0.39, 0.29) is 11.8 Å². The van der Waals surface area contributed by atoms with Crippen molar-refractivity contribution < 1.29 is 4.79 Å². The van der Waals surface area contributed by atoms with Crippen LogP contribution in [0, 0.1) is 5.92 Å². The van der Waals surface area contributed by atoms with Crippen LogP contribution in [0.2, 0.25) is 0 Å². The van der Waals surface area contributed by atoms with Crippen LogP contribution in [0.1, 0.15) is 17.9 Å². The molecule has 1 aliphatic rings. The number of halogens is 1. The topological polar surface area (TPSA) is 29.1 Å². The zero-order chi connectivity index (χ0) is 10.1. The molecule has 2 atom stereocenters. The molecule has 0 spiro atoms. The molecule has 0 saturated heterocycles. The van der Waals surface area contributed by atoms with Gasteiger partial charge >= 0.3 is 0 Å². The predicted octanol–water partition coefficient (Wildman–Crippen LogP) is 2.30. The van der Waals surface area contributed by atoms with Gasteiger partial charge in [0, 0.05) is 17.4 Å². The standard InChI is InChI=1S/C11H12BrNO/c1-13-11(14)10-6-9(10)7-2-4-8(12)5-3-7/h2-5,9-10H,6H2,1H3,(H,13,14)/t9-,10-/m1/s1. The summed E-state index contributed by atoms with van der Waals surface area (Å²) in [7, 11) is 1.69. The van der Waals surface area contributed by atoms with Crippen molar-refractivity contribution in [3.05, 3.63) is 34.3 Å². The van der Waals surface area contributed by atoms with Crippen LogP contribution >= 0.6 is 15.9 Å². The SMILES string of the molecule is CNC(=O)[C@@H]1C[C@@H]1c1ccc(Br)cc1. The Hall–Kier alpha value is -0.830. The molecule has 0 heterocycles. The average Bonchev–Trinajstić information content (AvgIpc) is 2.98. The minimum atomic E-state index is 0.165. The lowest BCUT2D eigenvalue weighted by molar-refractivity contribution is -0.121. The molecule has 0 radical (unpaired) electrons. The highest BCUT2D eigenvalue weighted by Gasteiger charge is 2.43. The van der Waals surface area contributed by atoms with Gasteiger partial charge in [-0.05, 0) is 30.0 Å². The molecule has 1 saturated carbocycles. The number of hydrogen-bond donors (Lipinski definition) is 1. The minimum absolute atomic E-state index is 0.165. The Morgan fingerprint density at radius 1 is 1.43 bits per heavy atom. The Kier molecular flexibility index (Phi) is 2.59. The summed E-state index contributed by atoms with van der Waals surface area (Å²) in [6.45, 7) is 0. The Labute approximate surface area is 91.8 Å². The minimum Gasteiger partial charge on any atom is -0.359 e. The highest BCUT2D eigenvalue weighted by atomic mass is 79.9. The molecule has 0 bridgehead atoms. The van der Waals surface area contributed by atoms with E-state index < -0.39 is 0 Å². The molecule has 2 nitrogen and oxygen atoms in total. The van der Waals surface area contributed by atoms with Crippen molar-refractivity contribution in [3.63, 3.8) is 0 Å². The lowest BCUT2D eigenvalue weighted by Crippen LogP contribution is -2.20. The molecule has 2 rings (SSSR count). The van der Waals surface area contributed by atoms with Crippen LogP contribution in [0.25, 0.3) is 0 Å². The molecule has 1 aromatic rings. The van der Waals surface area contributed by atoms with E-state index in [9.17, 15) is 4.79 Å². The van der Waals surface area contributed by atoms with Gasteiger partial charge in [0.25, 0.3) is 0 Å². The highest BCUT2D eigenvalue weighted by Crippen LogP contribution is 2.47. The summed E-state index contributed by atoms with van der Waals surface area (Å²) in [5.41, 5.74) is 1.27. The molecule has 74 valence electrons. The second-order valence-electron chi connectivity index (χ2n) is 3.61. The Balaban J connectivity index is 2.06. The largest absolute Gasteiger partial charge is 0.359 e. The fraction of sp³-hybridized carbons (Fsp3) is 0.364. The zero-order valence-corrected chi connectivity index (χ0v) is 9.54. The molecule has 0 aromatic heterocycles. The van der Waals surface area contributed by atoms with E-state index in [0.29, 0.717) is 5.92 Å². The first-order valence-corrected chi connectivity index (χ1v) is 5.48. The molecule has 1 N–H and O–H groups in total. The highest BCUT2D eigenvalue weighted by molar-refractivity contribution is 9.10. The number of rotatable bonds is 2. The number of carbonyl (C=O) groups excluding carboxylic acids is 1. The Bertz CT molecular complexity index is 347. The van der Waals surface area contributed by atoms with Gasteiger partial charge in [0.05, 0.1) is 0 Å². The van der Waals surface area contributed by atoms with E-state index >= 15 is 0 Å². The van der Waals surface area contributed by atoms with Gasteiger partial charge < -0.3 is 5.32 Å². The molecular weight excluding hydrogens is 242 g/mol. The number of benzene rings is 1. The summed E-state index contributed by atoms with van der Waals surface area (Å²) >= 11 is 3.39. The van der Waals surface area contributed by atoms with Crippen LogP contribution in [0.15, 0.2) is 28.7 Å². The van der Waals surface area contributed by atoms with Crippen LogP contribution in [-0.4, -0.2) is 13.0 Å².